The van der Waals surface area contributed by atoms with Gasteiger partial charge < -0.3 is 20.3 Å². The molecule has 6 heteroatoms. The van der Waals surface area contributed by atoms with E-state index in [0.29, 0.717) is 25.9 Å². The SMILES string of the molecule is CCCCCCCCCCCCCCCCCCCCCCCCC(O)C(CO)NC(=O)CCCCCCCCCCCCCCCC/C=C\CCCCCCCCCCCCCCOC(=O)CCCCCCCCCCCCCCCCCC. The van der Waals surface area contributed by atoms with E-state index in [9.17, 15) is 19.8 Å². The molecule has 2 unspecified atom stereocenters. The molecule has 0 aromatic heterocycles. The van der Waals surface area contributed by atoms with Crippen molar-refractivity contribution < 1.29 is 24.5 Å². The average Bonchev–Trinajstić information content (AvgIpc) is 3.50. The number of ether oxygens (including phenoxy) is 1. The third-order valence-corrected chi connectivity index (χ3v) is 18.8. The number of hydrogen-bond acceptors (Lipinski definition) is 5. The summed E-state index contributed by atoms with van der Waals surface area (Å²) in [6, 6.07) is -0.541. The molecule has 3 N–H and O–H groups in total. The minimum Gasteiger partial charge on any atom is -0.466 e. The number of hydrogen-bond donors (Lipinski definition) is 3. The second kappa shape index (κ2) is 75.1. The molecule has 0 saturated heterocycles. The smallest absolute Gasteiger partial charge is 0.305 e. The zero-order valence-corrected chi connectivity index (χ0v) is 58.1. The summed E-state index contributed by atoms with van der Waals surface area (Å²) in [6.45, 7) is 5.01. The lowest BCUT2D eigenvalue weighted by molar-refractivity contribution is -0.143. The van der Waals surface area contributed by atoms with Crippen LogP contribution in [0.3, 0.4) is 0 Å². The fourth-order valence-electron chi connectivity index (χ4n) is 12.8. The molecule has 506 valence electrons. The minimum absolute atomic E-state index is 0.0219. The Labute approximate surface area is 533 Å². The third kappa shape index (κ3) is 71.6. The number of carbonyl (C=O) groups excluding carboxylic acids is 2. The number of nitrogens with one attached hydrogen (secondary N) is 1. The number of rotatable bonds is 75. The standard InChI is InChI=1S/C79H155NO5/c1-3-5-7-9-11-13-15-17-19-21-22-23-34-37-40-43-47-51-55-59-63-67-71-77(82)76(75-81)80-78(83)72-68-64-60-56-52-48-44-41-38-35-32-30-28-26-24-25-27-29-31-33-36-39-42-46-50-54-58-62-66-70-74-85-79(84)73-69-65-61-57-53-49-45-20-18-16-14-12-10-8-6-4-2/h25,27,76-77,81-82H,3-24,26,28-75H2,1-2H3,(H,80,83)/b27-25-. The lowest BCUT2D eigenvalue weighted by Crippen LogP contribution is -2.45. The fraction of sp³-hybridized carbons (Fsp3) is 0.949. The second-order valence-corrected chi connectivity index (χ2v) is 27.4. The summed E-state index contributed by atoms with van der Waals surface area (Å²) in [7, 11) is 0. The first kappa shape index (κ1) is 83.6. The van der Waals surface area contributed by atoms with E-state index < -0.39 is 12.1 Å². The Morgan fingerprint density at radius 3 is 0.835 bits per heavy atom. The number of unbranched alkanes of at least 4 members (excludes halogenated alkanes) is 62. The fourth-order valence-corrected chi connectivity index (χ4v) is 12.8. The second-order valence-electron chi connectivity index (χ2n) is 27.4. The zero-order chi connectivity index (χ0) is 61.3. The molecular formula is C79H155NO5. The Balaban J connectivity index is 3.35. The average molecular weight is 1200 g/mol. The number of aliphatic hydroxyl groups excluding tert-OH is 2. The van der Waals surface area contributed by atoms with Gasteiger partial charge in [0.25, 0.3) is 0 Å². The number of esters is 1. The van der Waals surface area contributed by atoms with Crippen molar-refractivity contribution in [1.82, 2.24) is 5.32 Å². The van der Waals surface area contributed by atoms with E-state index in [2.05, 4.69) is 31.3 Å². The molecule has 85 heavy (non-hydrogen) atoms. The highest BCUT2D eigenvalue weighted by atomic mass is 16.5. The molecule has 0 aliphatic heterocycles. The zero-order valence-electron chi connectivity index (χ0n) is 58.1. The Hall–Kier alpha value is -1.40. The van der Waals surface area contributed by atoms with Crippen molar-refractivity contribution in [2.24, 2.45) is 0 Å². The minimum atomic E-state index is -0.664. The van der Waals surface area contributed by atoms with Crippen LogP contribution in [0.25, 0.3) is 0 Å². The molecule has 0 aliphatic carbocycles. The van der Waals surface area contributed by atoms with Crippen molar-refractivity contribution in [3.63, 3.8) is 0 Å². The van der Waals surface area contributed by atoms with Crippen LogP contribution < -0.4 is 5.32 Å². The van der Waals surface area contributed by atoms with Gasteiger partial charge in [-0.15, -0.1) is 0 Å². The van der Waals surface area contributed by atoms with Crippen molar-refractivity contribution >= 4 is 11.9 Å². The molecule has 2 atom stereocenters. The number of allylic oxidation sites excluding steroid dienone is 2. The summed E-state index contributed by atoms with van der Waals surface area (Å²) in [5.41, 5.74) is 0. The van der Waals surface area contributed by atoms with E-state index >= 15 is 0 Å². The first-order chi connectivity index (χ1) is 42.0. The van der Waals surface area contributed by atoms with Crippen LogP contribution >= 0.6 is 0 Å². The summed E-state index contributed by atoms with van der Waals surface area (Å²) < 4.78 is 5.51. The normalized spacial score (nSPS) is 12.5. The summed E-state index contributed by atoms with van der Waals surface area (Å²) in [4.78, 5) is 24.7. The first-order valence-corrected chi connectivity index (χ1v) is 39.4. The van der Waals surface area contributed by atoms with Gasteiger partial charge in [-0.1, -0.05) is 405 Å². The van der Waals surface area contributed by atoms with Crippen molar-refractivity contribution in [2.45, 2.75) is 469 Å². The number of aliphatic hydroxyl groups is 2. The van der Waals surface area contributed by atoms with Crippen molar-refractivity contribution in [3.05, 3.63) is 12.2 Å². The maximum atomic E-state index is 12.6. The van der Waals surface area contributed by atoms with Gasteiger partial charge in [-0.2, -0.15) is 0 Å². The predicted molar refractivity (Wildman–Crippen MR) is 375 cm³/mol. The van der Waals surface area contributed by atoms with E-state index in [1.807, 2.05) is 0 Å². The van der Waals surface area contributed by atoms with Crippen LogP contribution in [0.4, 0.5) is 0 Å². The van der Waals surface area contributed by atoms with Gasteiger partial charge in [0.15, 0.2) is 0 Å². The van der Waals surface area contributed by atoms with E-state index in [0.717, 1.165) is 38.5 Å². The van der Waals surface area contributed by atoms with Crippen LogP contribution in [0.5, 0.6) is 0 Å². The Bertz CT molecular complexity index is 1290. The Morgan fingerprint density at radius 2 is 0.553 bits per heavy atom. The largest absolute Gasteiger partial charge is 0.466 e. The molecule has 0 fully saturated rings. The predicted octanol–water partition coefficient (Wildman–Crippen LogP) is 25.9. The molecule has 0 aromatic carbocycles. The first-order valence-electron chi connectivity index (χ1n) is 39.4. The van der Waals surface area contributed by atoms with Crippen LogP contribution in [-0.4, -0.2) is 47.4 Å². The van der Waals surface area contributed by atoms with Gasteiger partial charge in [0.05, 0.1) is 25.4 Å². The summed E-state index contributed by atoms with van der Waals surface area (Å²) in [5, 5.41) is 23.5. The maximum absolute atomic E-state index is 12.6. The van der Waals surface area contributed by atoms with Gasteiger partial charge >= 0.3 is 5.97 Å². The lowest BCUT2D eigenvalue weighted by Gasteiger charge is -2.22. The number of carbonyl (C=O) groups is 2. The van der Waals surface area contributed by atoms with Gasteiger partial charge in [-0.25, -0.2) is 0 Å². The molecule has 0 heterocycles. The summed E-state index contributed by atoms with van der Waals surface area (Å²) in [5.74, 6) is -0.00575. The lowest BCUT2D eigenvalue weighted by atomic mass is 10.0. The van der Waals surface area contributed by atoms with Gasteiger partial charge in [0.2, 0.25) is 5.91 Å². The molecule has 0 saturated carbocycles. The third-order valence-electron chi connectivity index (χ3n) is 18.8. The molecule has 0 spiro atoms. The van der Waals surface area contributed by atoms with Gasteiger partial charge in [-0.3, -0.25) is 9.59 Å². The highest BCUT2D eigenvalue weighted by molar-refractivity contribution is 5.76. The van der Waals surface area contributed by atoms with Crippen molar-refractivity contribution in [2.75, 3.05) is 13.2 Å². The van der Waals surface area contributed by atoms with E-state index in [1.165, 1.54) is 385 Å². The molecule has 1 amide bonds. The van der Waals surface area contributed by atoms with Crippen LogP contribution in [0.15, 0.2) is 12.2 Å². The van der Waals surface area contributed by atoms with Gasteiger partial charge in [0.1, 0.15) is 0 Å². The molecule has 0 rings (SSSR count). The van der Waals surface area contributed by atoms with Crippen LogP contribution in [0, 0.1) is 0 Å². The van der Waals surface area contributed by atoms with E-state index in [1.54, 1.807) is 0 Å². The van der Waals surface area contributed by atoms with E-state index in [-0.39, 0.29) is 18.5 Å². The molecule has 0 aliphatic rings. The van der Waals surface area contributed by atoms with Crippen molar-refractivity contribution in [3.8, 4) is 0 Å². The monoisotopic (exact) mass is 1200 g/mol. The molecule has 0 radical (unpaired) electrons. The summed E-state index contributed by atoms with van der Waals surface area (Å²) >= 11 is 0. The molecule has 0 aromatic rings. The molecular weight excluding hydrogens is 1040 g/mol. The number of amides is 1. The highest BCUT2D eigenvalue weighted by Gasteiger charge is 2.20. The maximum Gasteiger partial charge on any atom is 0.305 e. The van der Waals surface area contributed by atoms with Crippen molar-refractivity contribution in [1.29, 1.82) is 0 Å². The highest BCUT2D eigenvalue weighted by Crippen LogP contribution is 2.20. The van der Waals surface area contributed by atoms with E-state index in [4.69, 9.17) is 4.74 Å². The van der Waals surface area contributed by atoms with Crippen LogP contribution in [0.1, 0.15) is 457 Å². The topological polar surface area (TPSA) is 95.9 Å². The Morgan fingerprint density at radius 1 is 0.318 bits per heavy atom. The van der Waals surface area contributed by atoms with Gasteiger partial charge in [-0.05, 0) is 51.4 Å². The quantitative estimate of drug-likeness (QED) is 0.0320. The molecule has 6 nitrogen and oxygen atoms in total. The molecule has 0 bridgehead atoms. The Kier molecular flexibility index (Phi) is 73.8. The summed E-state index contributed by atoms with van der Waals surface area (Å²) in [6.07, 6.45) is 94.4. The van der Waals surface area contributed by atoms with Crippen LogP contribution in [0.2, 0.25) is 0 Å². The van der Waals surface area contributed by atoms with Crippen LogP contribution in [-0.2, 0) is 14.3 Å². The van der Waals surface area contributed by atoms with Gasteiger partial charge in [0, 0.05) is 12.8 Å².